The van der Waals surface area contributed by atoms with Gasteiger partial charge in [0, 0.05) is 24.1 Å². The van der Waals surface area contributed by atoms with Crippen LogP contribution in [-0.4, -0.2) is 48.8 Å². The number of carbonyl (C=O) groups excluding carboxylic acids is 2. The number of Topliss-reactive ketones (excluding diaryl/α,β-unsaturated/α-hetero) is 1. The second-order valence-electron chi connectivity index (χ2n) is 11.2. The maximum Gasteiger partial charge on any atom is 0.303 e. The van der Waals surface area contributed by atoms with E-state index in [9.17, 15) is 19.5 Å². The molecule has 1 amide bonds. The number of carboxylic acid groups (broad SMARTS) is 1. The molecule has 2 aliphatic rings. The predicted octanol–water partition coefficient (Wildman–Crippen LogP) is 6.67. The second-order valence-corrected chi connectivity index (χ2v) is 11.2. The zero-order valence-corrected chi connectivity index (χ0v) is 25.5. The van der Waals surface area contributed by atoms with Crippen LogP contribution in [-0.2, 0) is 14.4 Å². The minimum Gasteiger partial charge on any atom is -0.493 e. The minimum absolute atomic E-state index is 0.0537. The molecule has 5 rings (SSSR count). The maximum atomic E-state index is 14.4. The Morgan fingerprint density at radius 3 is 2.41 bits per heavy atom. The van der Waals surface area contributed by atoms with Crippen molar-refractivity contribution in [3.63, 3.8) is 0 Å². The molecular formula is C35H38N2O7. The van der Waals surface area contributed by atoms with Gasteiger partial charge in [0.15, 0.2) is 11.5 Å². The molecule has 9 heteroatoms. The van der Waals surface area contributed by atoms with Crippen molar-refractivity contribution < 1.29 is 33.7 Å². The molecule has 0 aromatic heterocycles. The lowest BCUT2D eigenvalue weighted by Crippen LogP contribution is -2.46. The number of methoxy groups -OCH3 is 2. The first-order chi connectivity index (χ1) is 21.2. The van der Waals surface area contributed by atoms with Crippen molar-refractivity contribution in [3.8, 4) is 17.2 Å². The van der Waals surface area contributed by atoms with E-state index in [2.05, 4.69) is 0 Å². The van der Waals surface area contributed by atoms with Gasteiger partial charge in [-0.3, -0.25) is 19.4 Å². The Bertz CT molecular complexity index is 1580. The summed E-state index contributed by atoms with van der Waals surface area (Å²) in [6.07, 6.45) is 0.836. The lowest BCUT2D eigenvalue weighted by molar-refractivity contribution is -0.138. The third-order valence-corrected chi connectivity index (χ3v) is 8.45. The summed E-state index contributed by atoms with van der Waals surface area (Å²) in [6, 6.07) is 19.7. The third-order valence-electron chi connectivity index (χ3n) is 8.45. The Labute approximate surface area is 257 Å². The van der Waals surface area contributed by atoms with Crippen LogP contribution in [0.2, 0.25) is 0 Å². The number of para-hydroxylation sites is 3. The highest BCUT2D eigenvalue weighted by Gasteiger charge is 2.47. The van der Waals surface area contributed by atoms with Crippen LogP contribution < -0.4 is 19.1 Å². The summed E-state index contributed by atoms with van der Waals surface area (Å²) in [5.41, 5.74) is 3.37. The van der Waals surface area contributed by atoms with Crippen LogP contribution in [0.5, 0.6) is 17.2 Å². The molecule has 230 valence electrons. The number of fused-ring (bicyclic) bond motifs is 2. The zero-order chi connectivity index (χ0) is 31.4. The molecule has 1 N–H and O–H groups in total. The van der Waals surface area contributed by atoms with Crippen LogP contribution in [0, 0.1) is 5.92 Å². The number of ketones is 1. The van der Waals surface area contributed by atoms with Gasteiger partial charge in [0.25, 0.3) is 0 Å². The number of aliphatic carboxylic acids is 1. The Hall–Kier alpha value is -4.66. The predicted molar refractivity (Wildman–Crippen MR) is 167 cm³/mol. The summed E-state index contributed by atoms with van der Waals surface area (Å²) in [7, 11) is 3.16. The van der Waals surface area contributed by atoms with Gasteiger partial charge in [0.05, 0.1) is 50.1 Å². The Morgan fingerprint density at radius 2 is 1.68 bits per heavy atom. The summed E-state index contributed by atoms with van der Waals surface area (Å²) < 4.78 is 17.3. The van der Waals surface area contributed by atoms with Gasteiger partial charge in [-0.1, -0.05) is 43.3 Å². The summed E-state index contributed by atoms with van der Waals surface area (Å²) in [5, 5.41) is 9.42. The van der Waals surface area contributed by atoms with E-state index >= 15 is 0 Å². The summed E-state index contributed by atoms with van der Waals surface area (Å²) >= 11 is 0. The number of rotatable bonds is 10. The molecule has 9 nitrogen and oxygen atoms in total. The summed E-state index contributed by atoms with van der Waals surface area (Å²) in [6.45, 7) is 4.00. The van der Waals surface area contributed by atoms with E-state index in [1.165, 1.54) is 0 Å². The molecule has 1 fully saturated rings. The molecule has 4 atom stereocenters. The van der Waals surface area contributed by atoms with Crippen LogP contribution in [0.25, 0.3) is 0 Å². The van der Waals surface area contributed by atoms with E-state index in [-0.39, 0.29) is 37.1 Å². The normalized spacial score (nSPS) is 20.0. The van der Waals surface area contributed by atoms with E-state index in [0.29, 0.717) is 46.3 Å². The van der Waals surface area contributed by atoms with Gasteiger partial charge >= 0.3 is 5.97 Å². The average molecular weight is 599 g/mol. The van der Waals surface area contributed by atoms with Crippen LogP contribution in [0.4, 0.5) is 11.4 Å². The van der Waals surface area contributed by atoms with Crippen LogP contribution in [0.3, 0.4) is 0 Å². The number of benzene rings is 3. The molecule has 1 saturated carbocycles. The van der Waals surface area contributed by atoms with Crippen molar-refractivity contribution >= 4 is 34.7 Å². The first kappa shape index (κ1) is 30.8. The first-order valence-electron chi connectivity index (χ1n) is 15.0. The third kappa shape index (κ3) is 6.18. The van der Waals surface area contributed by atoms with Gasteiger partial charge in [-0.05, 0) is 61.6 Å². The van der Waals surface area contributed by atoms with Gasteiger partial charge in [-0.15, -0.1) is 0 Å². The van der Waals surface area contributed by atoms with Crippen LogP contribution >= 0.6 is 0 Å². The fourth-order valence-electron chi connectivity index (χ4n) is 6.11. The number of carbonyl (C=O) groups is 3. The second kappa shape index (κ2) is 13.3. The van der Waals surface area contributed by atoms with Crippen molar-refractivity contribution in [2.24, 2.45) is 10.9 Å². The lowest BCUT2D eigenvalue weighted by Gasteiger charge is -2.39. The van der Waals surface area contributed by atoms with Gasteiger partial charge in [-0.2, -0.15) is 0 Å². The number of carboxylic acids is 1. The number of nitrogens with zero attached hydrogens (tertiary/aromatic N) is 2. The maximum absolute atomic E-state index is 14.4. The summed E-state index contributed by atoms with van der Waals surface area (Å²) in [4.78, 5) is 46.6. The molecule has 3 aromatic rings. The number of aliphatic imine (C=N–C) groups is 1. The Kier molecular flexibility index (Phi) is 9.32. The number of hydrogen-bond acceptors (Lipinski definition) is 7. The highest BCUT2D eigenvalue weighted by molar-refractivity contribution is 6.13. The highest BCUT2D eigenvalue weighted by atomic mass is 16.5. The average Bonchev–Trinajstić information content (AvgIpc) is 3.18. The van der Waals surface area contributed by atoms with Crippen molar-refractivity contribution in [2.45, 2.75) is 64.0 Å². The SMILES string of the molecule is CCC(C)Oc1ccccc1C1C2C(=O)CC(c3ccc(OC)c(OC)c3)CC2=Nc2ccccc2N1C(=O)CCC(=O)O. The molecule has 1 aliphatic carbocycles. The minimum atomic E-state index is -1.07. The molecule has 1 aliphatic heterocycles. The van der Waals surface area contributed by atoms with E-state index in [4.69, 9.17) is 19.2 Å². The molecule has 0 bridgehead atoms. The van der Waals surface area contributed by atoms with Gasteiger partial charge in [0.2, 0.25) is 5.91 Å². The van der Waals surface area contributed by atoms with E-state index in [0.717, 1.165) is 12.0 Å². The standard InChI is InChI=1S/C35H38N2O7/c1-5-21(2)44-29-13-9-6-10-24(29)35-34-26(18-23(19-28(34)38)22-14-15-30(42-3)31(20-22)43-4)36-25-11-7-8-12-27(25)37(35)32(39)16-17-33(40)41/h6-15,20-21,23,34-35H,5,16-19H2,1-4H3,(H,40,41). The van der Waals surface area contributed by atoms with Gasteiger partial charge in [-0.25, -0.2) is 0 Å². The molecule has 4 unspecified atom stereocenters. The molecule has 44 heavy (non-hydrogen) atoms. The molecule has 0 saturated heterocycles. The zero-order valence-electron chi connectivity index (χ0n) is 25.5. The van der Waals surface area contributed by atoms with Crippen LogP contribution in [0.15, 0.2) is 71.7 Å². The van der Waals surface area contributed by atoms with Crippen molar-refractivity contribution in [2.75, 3.05) is 19.1 Å². The largest absolute Gasteiger partial charge is 0.493 e. The molecule has 3 aromatic carbocycles. The van der Waals surface area contributed by atoms with Gasteiger partial charge in [0.1, 0.15) is 11.5 Å². The Balaban J connectivity index is 1.67. The fraction of sp³-hybridized carbons (Fsp3) is 0.371. The van der Waals surface area contributed by atoms with E-state index in [1.54, 1.807) is 25.2 Å². The quantitative estimate of drug-likeness (QED) is 0.277. The van der Waals surface area contributed by atoms with Crippen molar-refractivity contribution in [3.05, 3.63) is 77.9 Å². The number of anilines is 1. The highest BCUT2D eigenvalue weighted by Crippen LogP contribution is 2.49. The molecule has 0 spiro atoms. The van der Waals surface area contributed by atoms with Gasteiger partial charge < -0.3 is 24.2 Å². The van der Waals surface area contributed by atoms with Crippen molar-refractivity contribution in [1.29, 1.82) is 0 Å². The van der Waals surface area contributed by atoms with Crippen molar-refractivity contribution in [1.82, 2.24) is 0 Å². The molecular weight excluding hydrogens is 560 g/mol. The first-order valence-corrected chi connectivity index (χ1v) is 15.0. The number of hydrogen-bond donors (Lipinski definition) is 1. The number of amides is 1. The monoisotopic (exact) mass is 598 g/mol. The van der Waals surface area contributed by atoms with E-state index < -0.39 is 23.8 Å². The number of ether oxygens (including phenoxy) is 3. The lowest BCUT2D eigenvalue weighted by atomic mass is 9.71. The summed E-state index contributed by atoms with van der Waals surface area (Å²) in [5.74, 6) is -0.669. The fourth-order valence-corrected chi connectivity index (χ4v) is 6.11. The van der Waals surface area contributed by atoms with E-state index in [1.807, 2.05) is 74.5 Å². The van der Waals surface area contributed by atoms with Crippen LogP contribution in [0.1, 0.15) is 69.0 Å². The molecule has 0 radical (unpaired) electrons. The Morgan fingerprint density at radius 1 is 0.955 bits per heavy atom. The topological polar surface area (TPSA) is 115 Å². The molecule has 1 heterocycles. The smallest absolute Gasteiger partial charge is 0.303 e.